The van der Waals surface area contributed by atoms with Gasteiger partial charge in [-0.2, -0.15) is 0 Å². The Bertz CT molecular complexity index is 442. The van der Waals surface area contributed by atoms with E-state index in [1.807, 2.05) is 24.3 Å². The molecule has 1 aromatic carbocycles. The lowest BCUT2D eigenvalue weighted by Gasteiger charge is -2.21. The Balaban J connectivity index is 2.71. The van der Waals surface area contributed by atoms with Crippen molar-refractivity contribution in [2.75, 3.05) is 0 Å². The zero-order valence-corrected chi connectivity index (χ0v) is 11.6. The van der Waals surface area contributed by atoms with Crippen molar-refractivity contribution in [2.24, 2.45) is 0 Å². The van der Waals surface area contributed by atoms with E-state index in [9.17, 15) is 14.7 Å². The summed E-state index contributed by atoms with van der Waals surface area (Å²) in [7, 11) is 0. The summed E-state index contributed by atoms with van der Waals surface area (Å²) in [4.78, 5) is 21.5. The lowest BCUT2D eigenvalue weighted by atomic mass is 9.92. The highest BCUT2D eigenvalue weighted by Crippen LogP contribution is 2.19. The summed E-state index contributed by atoms with van der Waals surface area (Å²) in [6, 6.07) is 7.38. The number of carboxylic acid groups (broad SMARTS) is 2. The van der Waals surface area contributed by atoms with Gasteiger partial charge in [0.15, 0.2) is 5.60 Å². The van der Waals surface area contributed by atoms with Crippen LogP contribution in [-0.2, 0) is 16.0 Å². The molecule has 0 fully saturated rings. The van der Waals surface area contributed by atoms with Crippen LogP contribution in [0.2, 0.25) is 0 Å². The zero-order chi connectivity index (χ0) is 13.8. The van der Waals surface area contributed by atoms with Crippen LogP contribution in [0.5, 0.6) is 0 Å². The van der Waals surface area contributed by atoms with Gasteiger partial charge in [0, 0.05) is 3.57 Å². The van der Waals surface area contributed by atoms with Crippen molar-refractivity contribution in [3.8, 4) is 0 Å². The normalized spacial score (nSPS) is 13.9. The average Bonchev–Trinajstić information content (AvgIpc) is 2.27. The number of halogens is 1. The van der Waals surface area contributed by atoms with Crippen molar-refractivity contribution in [3.05, 3.63) is 33.4 Å². The number of hydrogen-bond acceptors (Lipinski definition) is 3. The highest BCUT2D eigenvalue weighted by Gasteiger charge is 2.37. The molecule has 0 radical (unpaired) electrons. The van der Waals surface area contributed by atoms with Crippen molar-refractivity contribution in [2.45, 2.75) is 24.9 Å². The van der Waals surface area contributed by atoms with Crippen LogP contribution in [-0.4, -0.2) is 32.9 Å². The Labute approximate surface area is 118 Å². The molecule has 0 aliphatic rings. The Kier molecular flexibility index (Phi) is 5.09. The number of rotatable bonds is 6. The molecule has 0 aliphatic heterocycles. The standard InChI is InChI=1S/C12H13IO5/c13-9-3-1-8(2-4-9)5-6-12(18,11(16)17)7-10(14)15/h1-4,18H,5-7H2,(H,14,15)(H,16,17). The molecule has 18 heavy (non-hydrogen) atoms. The Morgan fingerprint density at radius 2 is 1.72 bits per heavy atom. The third-order valence-corrected chi connectivity index (χ3v) is 3.30. The number of aryl methyl sites for hydroxylation is 1. The predicted octanol–water partition coefficient (Wildman–Crippen LogP) is 1.51. The number of aliphatic carboxylic acids is 2. The van der Waals surface area contributed by atoms with Crippen LogP contribution in [0.4, 0.5) is 0 Å². The van der Waals surface area contributed by atoms with Crippen molar-refractivity contribution < 1.29 is 24.9 Å². The van der Waals surface area contributed by atoms with Gasteiger partial charge in [-0.3, -0.25) is 4.79 Å². The van der Waals surface area contributed by atoms with Gasteiger partial charge in [-0.1, -0.05) is 12.1 Å². The van der Waals surface area contributed by atoms with E-state index in [0.717, 1.165) is 9.13 Å². The molecule has 3 N–H and O–H groups in total. The van der Waals surface area contributed by atoms with Gasteiger partial charge < -0.3 is 15.3 Å². The molecule has 0 amide bonds. The molecule has 1 rings (SSSR count). The maximum Gasteiger partial charge on any atom is 0.336 e. The Morgan fingerprint density at radius 3 is 2.17 bits per heavy atom. The Morgan fingerprint density at radius 1 is 1.17 bits per heavy atom. The first-order valence-electron chi connectivity index (χ1n) is 5.25. The fraction of sp³-hybridized carbons (Fsp3) is 0.333. The summed E-state index contributed by atoms with van der Waals surface area (Å²) in [5.41, 5.74) is -1.35. The van der Waals surface area contributed by atoms with E-state index in [-0.39, 0.29) is 6.42 Å². The minimum atomic E-state index is -2.21. The van der Waals surface area contributed by atoms with Gasteiger partial charge in [0.2, 0.25) is 0 Å². The minimum absolute atomic E-state index is 0.130. The largest absolute Gasteiger partial charge is 0.481 e. The molecular weight excluding hydrogens is 351 g/mol. The van der Waals surface area contributed by atoms with Crippen LogP contribution in [0.15, 0.2) is 24.3 Å². The molecule has 1 atom stereocenters. The van der Waals surface area contributed by atoms with Gasteiger partial charge in [-0.05, 0) is 53.1 Å². The predicted molar refractivity (Wildman–Crippen MR) is 72.3 cm³/mol. The fourth-order valence-corrected chi connectivity index (χ4v) is 1.88. The van der Waals surface area contributed by atoms with Gasteiger partial charge in [-0.25, -0.2) is 4.79 Å². The first-order valence-corrected chi connectivity index (χ1v) is 6.33. The molecule has 0 saturated carbocycles. The van der Waals surface area contributed by atoms with Gasteiger partial charge in [0.25, 0.3) is 0 Å². The van der Waals surface area contributed by atoms with Gasteiger partial charge in [-0.15, -0.1) is 0 Å². The minimum Gasteiger partial charge on any atom is -0.481 e. The van der Waals surface area contributed by atoms with E-state index in [1.165, 1.54) is 0 Å². The first-order chi connectivity index (χ1) is 8.33. The van der Waals surface area contributed by atoms with Crippen LogP contribution in [0.1, 0.15) is 18.4 Å². The maximum absolute atomic E-state index is 10.9. The zero-order valence-electron chi connectivity index (χ0n) is 9.47. The van der Waals surface area contributed by atoms with Crippen molar-refractivity contribution in [1.29, 1.82) is 0 Å². The molecule has 0 bridgehead atoms. The molecule has 5 nitrogen and oxygen atoms in total. The number of carbonyl (C=O) groups is 2. The molecule has 0 heterocycles. The van der Waals surface area contributed by atoms with E-state index < -0.39 is 24.0 Å². The molecule has 0 aromatic heterocycles. The van der Waals surface area contributed by atoms with Gasteiger partial charge >= 0.3 is 11.9 Å². The summed E-state index contributed by atoms with van der Waals surface area (Å²) in [5.74, 6) is -2.84. The van der Waals surface area contributed by atoms with Crippen molar-refractivity contribution in [1.82, 2.24) is 0 Å². The summed E-state index contributed by atoms with van der Waals surface area (Å²) in [6.07, 6.45) is -0.616. The topological polar surface area (TPSA) is 94.8 Å². The number of aliphatic hydroxyl groups is 1. The second-order valence-corrected chi connectivity index (χ2v) is 5.28. The maximum atomic E-state index is 10.9. The van der Waals surface area contributed by atoms with Crippen LogP contribution < -0.4 is 0 Å². The molecule has 0 spiro atoms. The molecule has 6 heteroatoms. The van der Waals surface area contributed by atoms with Crippen LogP contribution in [0, 0.1) is 3.57 Å². The van der Waals surface area contributed by atoms with Crippen LogP contribution in [0.25, 0.3) is 0 Å². The van der Waals surface area contributed by atoms with E-state index in [4.69, 9.17) is 10.2 Å². The van der Waals surface area contributed by atoms with E-state index in [1.54, 1.807) is 0 Å². The van der Waals surface area contributed by atoms with E-state index >= 15 is 0 Å². The number of hydrogen-bond donors (Lipinski definition) is 3. The highest BCUT2D eigenvalue weighted by atomic mass is 127. The number of carboxylic acids is 2. The van der Waals surface area contributed by atoms with E-state index in [2.05, 4.69) is 22.6 Å². The molecule has 98 valence electrons. The van der Waals surface area contributed by atoms with Crippen molar-refractivity contribution in [3.63, 3.8) is 0 Å². The molecule has 1 unspecified atom stereocenters. The van der Waals surface area contributed by atoms with E-state index in [0.29, 0.717) is 6.42 Å². The lowest BCUT2D eigenvalue weighted by molar-refractivity contribution is -0.166. The lowest BCUT2D eigenvalue weighted by Crippen LogP contribution is -2.41. The van der Waals surface area contributed by atoms with Crippen LogP contribution >= 0.6 is 22.6 Å². The number of benzene rings is 1. The van der Waals surface area contributed by atoms with Gasteiger partial charge in [0.05, 0.1) is 6.42 Å². The third kappa shape index (κ3) is 4.26. The molecular formula is C12H13IO5. The summed E-state index contributed by atoms with van der Waals surface area (Å²) in [6.45, 7) is 0. The van der Waals surface area contributed by atoms with Crippen molar-refractivity contribution >= 4 is 34.5 Å². The Hall–Kier alpha value is -1.15. The second-order valence-electron chi connectivity index (χ2n) is 4.03. The monoisotopic (exact) mass is 364 g/mol. The average molecular weight is 364 g/mol. The summed E-state index contributed by atoms with van der Waals surface area (Å²) < 4.78 is 1.05. The quantitative estimate of drug-likeness (QED) is 0.666. The highest BCUT2D eigenvalue weighted by molar-refractivity contribution is 14.1. The molecule has 1 aromatic rings. The smallest absolute Gasteiger partial charge is 0.336 e. The summed E-state index contributed by atoms with van der Waals surface area (Å²) in [5, 5.41) is 27.3. The van der Waals surface area contributed by atoms with Crippen LogP contribution in [0.3, 0.4) is 0 Å². The fourth-order valence-electron chi connectivity index (χ4n) is 1.52. The SMILES string of the molecule is O=C(O)CC(O)(CCc1ccc(I)cc1)C(=O)O. The molecule has 0 saturated heterocycles. The van der Waals surface area contributed by atoms with Gasteiger partial charge in [0.1, 0.15) is 0 Å². The third-order valence-electron chi connectivity index (χ3n) is 2.58. The first kappa shape index (κ1) is 14.9. The molecule has 0 aliphatic carbocycles. The second kappa shape index (κ2) is 6.14. The summed E-state index contributed by atoms with van der Waals surface area (Å²) >= 11 is 2.15.